The van der Waals surface area contributed by atoms with Crippen molar-refractivity contribution in [2.75, 3.05) is 19.6 Å². The van der Waals surface area contributed by atoms with E-state index in [9.17, 15) is 9.90 Å². The molecule has 28 heavy (non-hydrogen) atoms. The molecule has 1 aliphatic rings. The minimum atomic E-state index is -0.563. The van der Waals surface area contributed by atoms with Crippen LogP contribution in [0.15, 0.2) is 48.7 Å². The summed E-state index contributed by atoms with van der Waals surface area (Å²) in [6, 6.07) is 14.4. The zero-order chi connectivity index (χ0) is 19.3. The van der Waals surface area contributed by atoms with E-state index in [0.717, 1.165) is 36.2 Å². The third kappa shape index (κ3) is 4.58. The Hall–Kier alpha value is -2.70. The Morgan fingerprint density at radius 2 is 2.11 bits per heavy atom. The molecular weight excluding hydrogens is 352 g/mol. The van der Waals surface area contributed by atoms with E-state index in [4.69, 9.17) is 0 Å². The maximum Gasteiger partial charge on any atom is 0.220 e. The molecule has 6 nitrogen and oxygen atoms in total. The topological polar surface area (TPSA) is 81.2 Å². The molecule has 4 rings (SSSR count). The van der Waals surface area contributed by atoms with Gasteiger partial charge in [0.05, 0.1) is 6.10 Å². The highest BCUT2D eigenvalue weighted by Gasteiger charge is 2.18. The molecule has 1 aromatic carbocycles. The van der Waals surface area contributed by atoms with Crippen LogP contribution in [-0.4, -0.2) is 51.6 Å². The summed E-state index contributed by atoms with van der Waals surface area (Å²) in [4.78, 5) is 21.9. The smallest absolute Gasteiger partial charge is 0.220 e. The first-order chi connectivity index (χ1) is 13.7. The number of carbonyl (C=O) groups is 1. The van der Waals surface area contributed by atoms with E-state index >= 15 is 0 Å². The minimum Gasteiger partial charge on any atom is -0.390 e. The maximum absolute atomic E-state index is 12.1. The van der Waals surface area contributed by atoms with E-state index in [1.165, 1.54) is 11.1 Å². The van der Waals surface area contributed by atoms with Crippen molar-refractivity contribution in [1.29, 1.82) is 0 Å². The van der Waals surface area contributed by atoms with Gasteiger partial charge in [-0.05, 0) is 42.2 Å². The molecule has 3 aromatic rings. The second kappa shape index (κ2) is 8.54. The van der Waals surface area contributed by atoms with Gasteiger partial charge in [0, 0.05) is 49.9 Å². The number of aliphatic hydroxyl groups excluding tert-OH is 1. The van der Waals surface area contributed by atoms with Crippen LogP contribution in [0.3, 0.4) is 0 Å². The van der Waals surface area contributed by atoms with E-state index in [2.05, 4.69) is 44.5 Å². The van der Waals surface area contributed by atoms with Crippen LogP contribution in [0.5, 0.6) is 0 Å². The van der Waals surface area contributed by atoms with Gasteiger partial charge in [0.1, 0.15) is 5.65 Å². The highest BCUT2D eigenvalue weighted by atomic mass is 16.3. The van der Waals surface area contributed by atoms with Gasteiger partial charge in [-0.2, -0.15) is 0 Å². The number of aryl methyl sites for hydroxylation is 1. The van der Waals surface area contributed by atoms with E-state index in [1.807, 2.05) is 18.2 Å². The summed E-state index contributed by atoms with van der Waals surface area (Å²) in [6.07, 6.45) is 3.20. The molecular formula is C22H26N4O2. The number of aromatic amines is 1. The number of hydrogen-bond donors (Lipinski definition) is 3. The average molecular weight is 378 g/mol. The van der Waals surface area contributed by atoms with Crippen molar-refractivity contribution in [3.8, 4) is 0 Å². The highest BCUT2D eigenvalue weighted by molar-refractivity contribution is 5.78. The fourth-order valence-electron chi connectivity index (χ4n) is 3.79. The SMILES string of the molecule is O=C(CCc1cc2cccnc2[nH]1)NC[C@H](O)CN1CCc2ccccc2C1. The lowest BCUT2D eigenvalue weighted by Crippen LogP contribution is -2.42. The number of hydrogen-bond acceptors (Lipinski definition) is 4. The molecule has 6 heteroatoms. The Balaban J connectivity index is 1.19. The van der Waals surface area contributed by atoms with E-state index in [-0.39, 0.29) is 12.5 Å². The van der Waals surface area contributed by atoms with Crippen molar-refractivity contribution in [3.63, 3.8) is 0 Å². The number of nitrogens with one attached hydrogen (secondary N) is 2. The second-order valence-corrected chi connectivity index (χ2v) is 7.45. The molecule has 0 fully saturated rings. The molecule has 0 saturated heterocycles. The maximum atomic E-state index is 12.1. The number of pyridine rings is 1. The summed E-state index contributed by atoms with van der Waals surface area (Å²) in [5.74, 6) is -0.0466. The fraction of sp³-hybridized carbons (Fsp3) is 0.364. The lowest BCUT2D eigenvalue weighted by molar-refractivity contribution is -0.121. The van der Waals surface area contributed by atoms with Gasteiger partial charge in [0.15, 0.2) is 0 Å². The number of rotatable bonds is 7. The number of fused-ring (bicyclic) bond motifs is 2. The Kier molecular flexibility index (Phi) is 5.69. The van der Waals surface area contributed by atoms with Crippen molar-refractivity contribution >= 4 is 16.9 Å². The zero-order valence-electron chi connectivity index (χ0n) is 15.9. The van der Waals surface area contributed by atoms with Crippen LogP contribution in [0.1, 0.15) is 23.2 Å². The molecule has 0 bridgehead atoms. The van der Waals surface area contributed by atoms with Crippen LogP contribution in [0.4, 0.5) is 0 Å². The lowest BCUT2D eigenvalue weighted by atomic mass is 10.00. The molecule has 3 heterocycles. The van der Waals surface area contributed by atoms with Crippen molar-refractivity contribution in [1.82, 2.24) is 20.2 Å². The molecule has 0 radical (unpaired) electrons. The van der Waals surface area contributed by atoms with Gasteiger partial charge in [0.25, 0.3) is 0 Å². The average Bonchev–Trinajstić information content (AvgIpc) is 3.14. The van der Waals surface area contributed by atoms with Crippen molar-refractivity contribution in [3.05, 3.63) is 65.5 Å². The van der Waals surface area contributed by atoms with Gasteiger partial charge in [0.2, 0.25) is 5.91 Å². The molecule has 0 saturated carbocycles. The van der Waals surface area contributed by atoms with Crippen LogP contribution < -0.4 is 5.32 Å². The summed E-state index contributed by atoms with van der Waals surface area (Å²) in [5.41, 5.74) is 4.57. The molecule has 0 unspecified atom stereocenters. The Morgan fingerprint density at radius 3 is 2.96 bits per heavy atom. The molecule has 2 aromatic heterocycles. The molecule has 146 valence electrons. The monoisotopic (exact) mass is 378 g/mol. The molecule has 1 atom stereocenters. The molecule has 0 spiro atoms. The van der Waals surface area contributed by atoms with Gasteiger partial charge >= 0.3 is 0 Å². The zero-order valence-corrected chi connectivity index (χ0v) is 15.9. The van der Waals surface area contributed by atoms with Gasteiger partial charge in [-0.15, -0.1) is 0 Å². The number of amides is 1. The van der Waals surface area contributed by atoms with Crippen molar-refractivity contribution < 1.29 is 9.90 Å². The number of nitrogens with zero attached hydrogens (tertiary/aromatic N) is 2. The predicted octanol–water partition coefficient (Wildman–Crippen LogP) is 2.03. The van der Waals surface area contributed by atoms with E-state index in [1.54, 1.807) is 6.20 Å². The fourth-order valence-corrected chi connectivity index (χ4v) is 3.79. The number of aromatic nitrogens is 2. The number of benzene rings is 1. The summed E-state index contributed by atoms with van der Waals surface area (Å²) in [6.45, 7) is 2.65. The molecule has 3 N–H and O–H groups in total. The standard InChI is InChI=1S/C22H26N4O2/c27-20(15-26-11-9-16-4-1-2-5-18(16)14-26)13-24-21(28)8-7-19-12-17-6-3-10-23-22(17)25-19/h1-6,10,12,20,27H,7-9,11,13-15H2,(H,23,25)(H,24,28)/t20-/m0/s1. The molecule has 1 aliphatic heterocycles. The second-order valence-electron chi connectivity index (χ2n) is 7.45. The van der Waals surface area contributed by atoms with Crippen molar-refractivity contribution in [2.24, 2.45) is 0 Å². The largest absolute Gasteiger partial charge is 0.390 e. The predicted molar refractivity (Wildman–Crippen MR) is 109 cm³/mol. The number of H-pyrrole nitrogens is 1. The minimum absolute atomic E-state index is 0.0466. The van der Waals surface area contributed by atoms with Crippen LogP contribution >= 0.6 is 0 Å². The quantitative estimate of drug-likeness (QED) is 0.588. The third-order valence-corrected chi connectivity index (χ3v) is 5.28. The number of β-amino-alcohol motifs (C(OH)–C–C–N with tert-alkyl or cyclic N) is 1. The Labute approximate surface area is 164 Å². The van der Waals surface area contributed by atoms with Crippen LogP contribution in [0.25, 0.3) is 11.0 Å². The normalized spacial score (nSPS) is 15.3. The molecule has 0 aliphatic carbocycles. The van der Waals surface area contributed by atoms with E-state index in [0.29, 0.717) is 19.4 Å². The van der Waals surface area contributed by atoms with Crippen LogP contribution in [0, 0.1) is 0 Å². The first-order valence-corrected chi connectivity index (χ1v) is 9.84. The molecule has 1 amide bonds. The number of carbonyl (C=O) groups excluding carboxylic acids is 1. The Bertz CT molecular complexity index is 919. The van der Waals surface area contributed by atoms with Gasteiger partial charge in [-0.25, -0.2) is 4.98 Å². The van der Waals surface area contributed by atoms with Crippen molar-refractivity contribution in [2.45, 2.75) is 31.9 Å². The van der Waals surface area contributed by atoms with Gasteiger partial charge in [-0.1, -0.05) is 24.3 Å². The van der Waals surface area contributed by atoms with E-state index < -0.39 is 6.10 Å². The summed E-state index contributed by atoms with van der Waals surface area (Å²) in [5, 5.41) is 14.2. The highest BCUT2D eigenvalue weighted by Crippen LogP contribution is 2.18. The summed E-state index contributed by atoms with van der Waals surface area (Å²) >= 11 is 0. The van der Waals surface area contributed by atoms with Crippen LogP contribution in [-0.2, 0) is 24.2 Å². The first-order valence-electron chi connectivity index (χ1n) is 9.84. The van der Waals surface area contributed by atoms with Gasteiger partial charge in [-0.3, -0.25) is 9.69 Å². The Morgan fingerprint density at radius 1 is 1.25 bits per heavy atom. The third-order valence-electron chi connectivity index (χ3n) is 5.28. The first kappa shape index (κ1) is 18.7. The number of aliphatic hydroxyl groups is 1. The lowest BCUT2D eigenvalue weighted by Gasteiger charge is -2.30. The van der Waals surface area contributed by atoms with Crippen LogP contribution in [0.2, 0.25) is 0 Å². The van der Waals surface area contributed by atoms with Gasteiger partial charge < -0.3 is 15.4 Å². The summed E-state index contributed by atoms with van der Waals surface area (Å²) < 4.78 is 0. The summed E-state index contributed by atoms with van der Waals surface area (Å²) in [7, 11) is 0.